The monoisotopic (exact) mass is 302 g/mol. The van der Waals surface area contributed by atoms with E-state index in [2.05, 4.69) is 25.7 Å². The van der Waals surface area contributed by atoms with Crippen molar-refractivity contribution in [1.82, 2.24) is 9.80 Å². The highest BCUT2D eigenvalue weighted by Crippen LogP contribution is 2.38. The molecule has 3 nitrogen and oxygen atoms in total. The summed E-state index contributed by atoms with van der Waals surface area (Å²) in [5.74, 6) is 0. The maximum atomic E-state index is 5.40. The molecule has 3 saturated heterocycles. The van der Waals surface area contributed by atoms with Crippen molar-refractivity contribution in [3.63, 3.8) is 0 Å². The van der Waals surface area contributed by atoms with Crippen LogP contribution >= 0.6 is 15.9 Å². The van der Waals surface area contributed by atoms with E-state index in [1.807, 2.05) is 0 Å². The lowest BCUT2D eigenvalue weighted by Gasteiger charge is -2.38. The van der Waals surface area contributed by atoms with Crippen molar-refractivity contribution < 1.29 is 4.74 Å². The molecule has 3 aliphatic rings. The molecule has 4 heteroatoms. The van der Waals surface area contributed by atoms with Gasteiger partial charge in [-0.15, -0.1) is 0 Å². The number of hydrogen-bond acceptors (Lipinski definition) is 3. The van der Waals surface area contributed by atoms with Crippen molar-refractivity contribution in [3.05, 3.63) is 0 Å². The average molecular weight is 303 g/mol. The number of fused-ring (bicyclic) bond motifs is 2. The predicted octanol–water partition coefficient (Wildman–Crippen LogP) is 1.71. The van der Waals surface area contributed by atoms with Crippen molar-refractivity contribution in [2.45, 2.75) is 42.6 Å². The molecule has 0 aromatic heterocycles. The highest BCUT2D eigenvalue weighted by atomic mass is 79.9. The van der Waals surface area contributed by atoms with Gasteiger partial charge >= 0.3 is 0 Å². The molecule has 17 heavy (non-hydrogen) atoms. The second-order valence-electron chi connectivity index (χ2n) is 5.65. The van der Waals surface area contributed by atoms with Gasteiger partial charge in [0.25, 0.3) is 0 Å². The van der Waals surface area contributed by atoms with Gasteiger partial charge in [-0.3, -0.25) is 9.80 Å². The van der Waals surface area contributed by atoms with Gasteiger partial charge in [-0.05, 0) is 25.7 Å². The highest BCUT2D eigenvalue weighted by molar-refractivity contribution is 9.09. The van der Waals surface area contributed by atoms with Crippen molar-refractivity contribution >= 4 is 15.9 Å². The molecule has 3 rings (SSSR count). The zero-order valence-electron chi connectivity index (χ0n) is 10.5. The largest absolute Gasteiger partial charge is 0.379 e. The summed E-state index contributed by atoms with van der Waals surface area (Å²) in [5, 5.41) is 0. The molecule has 2 bridgehead atoms. The van der Waals surface area contributed by atoms with Gasteiger partial charge in [0, 0.05) is 43.1 Å². The van der Waals surface area contributed by atoms with Crippen LogP contribution < -0.4 is 0 Å². The first-order valence-corrected chi connectivity index (χ1v) is 7.94. The van der Waals surface area contributed by atoms with Gasteiger partial charge in [0.2, 0.25) is 0 Å². The Balaban J connectivity index is 1.48. The van der Waals surface area contributed by atoms with Gasteiger partial charge in [0.1, 0.15) is 0 Å². The first-order valence-electron chi connectivity index (χ1n) is 7.03. The first-order chi connectivity index (χ1) is 8.33. The molecule has 0 spiro atoms. The summed E-state index contributed by atoms with van der Waals surface area (Å²) >= 11 is 3.81. The molecular formula is C13H23BrN2O. The first kappa shape index (κ1) is 12.4. The third-order valence-electron chi connectivity index (χ3n) is 4.60. The van der Waals surface area contributed by atoms with Crippen LogP contribution in [0.3, 0.4) is 0 Å². The van der Waals surface area contributed by atoms with Crippen molar-refractivity contribution in [3.8, 4) is 0 Å². The zero-order chi connectivity index (χ0) is 11.7. The summed E-state index contributed by atoms with van der Waals surface area (Å²) < 4.78 is 5.40. The fraction of sp³-hybridized carbons (Fsp3) is 1.00. The summed E-state index contributed by atoms with van der Waals surface area (Å²) in [4.78, 5) is 6.12. The normalized spacial score (nSPS) is 39.7. The fourth-order valence-corrected chi connectivity index (χ4v) is 4.52. The molecule has 0 aliphatic carbocycles. The maximum absolute atomic E-state index is 5.40. The van der Waals surface area contributed by atoms with Crippen LogP contribution in [0.25, 0.3) is 0 Å². The van der Waals surface area contributed by atoms with Gasteiger partial charge in [0.05, 0.1) is 13.2 Å². The van der Waals surface area contributed by atoms with Gasteiger partial charge < -0.3 is 4.74 Å². The van der Waals surface area contributed by atoms with E-state index in [9.17, 15) is 0 Å². The topological polar surface area (TPSA) is 15.7 Å². The fourth-order valence-electron chi connectivity index (χ4n) is 3.65. The molecule has 3 aliphatic heterocycles. The molecule has 2 unspecified atom stereocenters. The molecule has 0 saturated carbocycles. The van der Waals surface area contributed by atoms with Crippen LogP contribution in [0.2, 0.25) is 0 Å². The molecule has 0 N–H and O–H groups in total. The molecular weight excluding hydrogens is 280 g/mol. The summed E-state index contributed by atoms with van der Waals surface area (Å²) in [6, 6.07) is 1.72. The Kier molecular flexibility index (Phi) is 4.05. The smallest absolute Gasteiger partial charge is 0.0594 e. The summed E-state index contributed by atoms with van der Waals surface area (Å²) in [6.07, 6.45) is 5.57. The van der Waals surface area contributed by atoms with E-state index in [0.717, 1.165) is 43.2 Å². The third-order valence-corrected chi connectivity index (χ3v) is 5.35. The second kappa shape index (κ2) is 5.55. The van der Waals surface area contributed by atoms with E-state index >= 15 is 0 Å². The SMILES string of the molecule is BrC1CC2CCC(C1)N2CCN1CCOCC1. The Morgan fingerprint density at radius 2 is 1.65 bits per heavy atom. The van der Waals surface area contributed by atoms with Crippen LogP contribution in [0.4, 0.5) is 0 Å². The number of alkyl halides is 1. The minimum absolute atomic E-state index is 0.777. The van der Waals surface area contributed by atoms with E-state index < -0.39 is 0 Å². The highest BCUT2D eigenvalue weighted by Gasteiger charge is 2.39. The van der Waals surface area contributed by atoms with Crippen LogP contribution in [0.15, 0.2) is 0 Å². The molecule has 2 atom stereocenters. The number of nitrogens with zero attached hydrogens (tertiary/aromatic N) is 2. The lowest BCUT2D eigenvalue weighted by atomic mass is 10.0. The molecule has 0 aromatic rings. The second-order valence-corrected chi connectivity index (χ2v) is 6.94. The van der Waals surface area contributed by atoms with E-state index in [1.54, 1.807) is 0 Å². The Hall–Kier alpha value is 0.360. The van der Waals surface area contributed by atoms with Crippen LogP contribution in [0.1, 0.15) is 25.7 Å². The number of halogens is 1. The van der Waals surface area contributed by atoms with Gasteiger partial charge in [-0.1, -0.05) is 15.9 Å². The maximum Gasteiger partial charge on any atom is 0.0594 e. The van der Waals surface area contributed by atoms with Gasteiger partial charge in [-0.25, -0.2) is 0 Å². The van der Waals surface area contributed by atoms with Crippen molar-refractivity contribution in [2.24, 2.45) is 0 Å². The molecule has 3 fully saturated rings. The summed E-state index contributed by atoms with van der Waals surface area (Å²) in [5.41, 5.74) is 0. The Bertz CT molecular complexity index is 244. The quantitative estimate of drug-likeness (QED) is 0.738. The number of rotatable bonds is 3. The van der Waals surface area contributed by atoms with E-state index in [1.165, 1.54) is 38.8 Å². The lowest BCUT2D eigenvalue weighted by molar-refractivity contribution is 0.0278. The van der Waals surface area contributed by atoms with E-state index in [0.29, 0.717) is 0 Å². The number of ether oxygens (including phenoxy) is 1. The standard InChI is InChI=1S/C13H23BrN2O/c14-11-9-12-1-2-13(10-11)16(12)4-3-15-5-7-17-8-6-15/h11-13H,1-10H2. The number of morpholine rings is 1. The Labute approximate surface area is 113 Å². The number of piperidine rings is 1. The average Bonchev–Trinajstić information content (AvgIpc) is 2.59. The van der Waals surface area contributed by atoms with Crippen LogP contribution in [0, 0.1) is 0 Å². The molecule has 98 valence electrons. The minimum Gasteiger partial charge on any atom is -0.379 e. The van der Waals surface area contributed by atoms with Crippen molar-refractivity contribution in [1.29, 1.82) is 0 Å². The lowest BCUT2D eigenvalue weighted by Crippen LogP contribution is -2.48. The van der Waals surface area contributed by atoms with Gasteiger partial charge in [-0.2, -0.15) is 0 Å². The number of hydrogen-bond donors (Lipinski definition) is 0. The predicted molar refractivity (Wildman–Crippen MR) is 72.7 cm³/mol. The van der Waals surface area contributed by atoms with Crippen molar-refractivity contribution in [2.75, 3.05) is 39.4 Å². The third kappa shape index (κ3) is 2.86. The van der Waals surface area contributed by atoms with Crippen LogP contribution in [-0.2, 0) is 4.74 Å². The molecule has 0 aromatic carbocycles. The summed E-state index contributed by atoms with van der Waals surface area (Å²) in [6.45, 7) is 6.62. The Morgan fingerprint density at radius 1 is 1.00 bits per heavy atom. The van der Waals surface area contributed by atoms with E-state index in [-0.39, 0.29) is 0 Å². The summed E-state index contributed by atoms with van der Waals surface area (Å²) in [7, 11) is 0. The zero-order valence-corrected chi connectivity index (χ0v) is 12.1. The molecule has 0 amide bonds. The van der Waals surface area contributed by atoms with Crippen LogP contribution in [0.5, 0.6) is 0 Å². The molecule has 3 heterocycles. The van der Waals surface area contributed by atoms with Gasteiger partial charge in [0.15, 0.2) is 0 Å². The molecule has 0 radical (unpaired) electrons. The Morgan fingerprint density at radius 3 is 2.29 bits per heavy atom. The van der Waals surface area contributed by atoms with Crippen LogP contribution in [-0.4, -0.2) is 66.1 Å². The van der Waals surface area contributed by atoms with E-state index in [4.69, 9.17) is 4.74 Å². The minimum atomic E-state index is 0.777.